The Labute approximate surface area is 105 Å². The van der Waals surface area contributed by atoms with E-state index in [0.29, 0.717) is 0 Å². The zero-order chi connectivity index (χ0) is 12.4. The van der Waals surface area contributed by atoms with Crippen LogP contribution < -0.4 is 4.72 Å². The summed E-state index contributed by atoms with van der Waals surface area (Å²) < 4.78 is 27.6. The molecule has 0 aliphatic carbocycles. The minimum absolute atomic E-state index is 0.0777. The molecule has 0 saturated carbocycles. The second kappa shape index (κ2) is 4.91. The maximum absolute atomic E-state index is 12.0. The van der Waals surface area contributed by atoms with E-state index in [1.807, 2.05) is 0 Å². The number of rotatable bonds is 5. The van der Waals surface area contributed by atoms with E-state index in [9.17, 15) is 8.42 Å². The van der Waals surface area contributed by atoms with Crippen LogP contribution in [-0.4, -0.2) is 35.5 Å². The average Bonchev–Trinajstić information content (AvgIpc) is 2.64. The summed E-state index contributed by atoms with van der Waals surface area (Å²) in [6.07, 6.45) is 1.41. The van der Waals surface area contributed by atoms with Gasteiger partial charge in [-0.25, -0.2) is 13.1 Å². The molecular formula is C8H13Cl2N3O2S. The first-order valence-electron chi connectivity index (χ1n) is 4.48. The maximum Gasteiger partial charge on any atom is 0.258 e. The van der Waals surface area contributed by atoms with Gasteiger partial charge in [-0.3, -0.25) is 4.68 Å². The van der Waals surface area contributed by atoms with Crippen molar-refractivity contribution in [2.45, 2.75) is 17.5 Å². The molecule has 0 radical (unpaired) electrons. The number of halogens is 2. The van der Waals surface area contributed by atoms with Crippen molar-refractivity contribution in [3.8, 4) is 0 Å². The number of sulfonamides is 1. The predicted octanol–water partition coefficient (Wildman–Crippen LogP) is 0.935. The first-order valence-corrected chi connectivity index (χ1v) is 7.04. The van der Waals surface area contributed by atoms with Crippen molar-refractivity contribution >= 4 is 33.2 Å². The lowest BCUT2D eigenvalue weighted by molar-refractivity contribution is 0.493. The lowest BCUT2D eigenvalue weighted by Gasteiger charge is -2.25. The highest BCUT2D eigenvalue weighted by molar-refractivity contribution is 7.89. The van der Waals surface area contributed by atoms with E-state index in [1.165, 1.54) is 16.9 Å². The van der Waals surface area contributed by atoms with E-state index in [0.717, 1.165) is 0 Å². The van der Waals surface area contributed by atoms with E-state index < -0.39 is 15.6 Å². The SMILES string of the molecule is Cn1nccc1S(=O)(=O)NC(C)(CCl)CCl. The van der Waals surface area contributed by atoms with E-state index in [4.69, 9.17) is 23.2 Å². The van der Waals surface area contributed by atoms with Crippen LogP contribution in [0.15, 0.2) is 17.3 Å². The molecule has 0 aromatic carbocycles. The van der Waals surface area contributed by atoms with E-state index in [1.54, 1.807) is 14.0 Å². The highest BCUT2D eigenvalue weighted by Gasteiger charge is 2.30. The smallest absolute Gasteiger partial charge is 0.256 e. The van der Waals surface area contributed by atoms with Crippen molar-refractivity contribution in [1.29, 1.82) is 0 Å². The number of aryl methyl sites for hydroxylation is 1. The molecule has 92 valence electrons. The van der Waals surface area contributed by atoms with Crippen LogP contribution in [0.25, 0.3) is 0 Å². The molecule has 0 aliphatic rings. The lowest BCUT2D eigenvalue weighted by atomic mass is 10.1. The molecule has 0 atom stereocenters. The van der Waals surface area contributed by atoms with Crippen LogP contribution in [0.2, 0.25) is 0 Å². The first-order chi connectivity index (χ1) is 7.34. The zero-order valence-corrected chi connectivity index (χ0v) is 11.3. The molecule has 1 aromatic rings. The van der Waals surface area contributed by atoms with Gasteiger partial charge in [-0.05, 0) is 13.0 Å². The largest absolute Gasteiger partial charge is 0.258 e. The quantitative estimate of drug-likeness (QED) is 0.819. The molecule has 0 amide bonds. The average molecular weight is 286 g/mol. The Kier molecular flexibility index (Phi) is 4.23. The number of nitrogens with zero attached hydrogens (tertiary/aromatic N) is 2. The number of hydrogen-bond acceptors (Lipinski definition) is 3. The Morgan fingerprint density at radius 1 is 1.50 bits per heavy atom. The number of alkyl halides is 2. The fraction of sp³-hybridized carbons (Fsp3) is 0.625. The number of nitrogens with one attached hydrogen (secondary N) is 1. The summed E-state index contributed by atoms with van der Waals surface area (Å²) in [5.74, 6) is 0.182. The summed E-state index contributed by atoms with van der Waals surface area (Å²) in [7, 11) is -2.10. The third kappa shape index (κ3) is 2.88. The Morgan fingerprint density at radius 2 is 2.06 bits per heavy atom. The van der Waals surface area contributed by atoms with Crippen molar-refractivity contribution in [2.75, 3.05) is 11.8 Å². The molecule has 0 bridgehead atoms. The second-order valence-electron chi connectivity index (χ2n) is 3.73. The topological polar surface area (TPSA) is 64.0 Å². The van der Waals surface area contributed by atoms with Gasteiger partial charge in [0.2, 0.25) is 0 Å². The molecule has 0 aliphatic heterocycles. The zero-order valence-electron chi connectivity index (χ0n) is 8.94. The molecule has 1 aromatic heterocycles. The molecule has 5 nitrogen and oxygen atoms in total. The lowest BCUT2D eigenvalue weighted by Crippen LogP contribution is -2.49. The van der Waals surface area contributed by atoms with E-state index >= 15 is 0 Å². The van der Waals surface area contributed by atoms with E-state index in [-0.39, 0.29) is 16.8 Å². The van der Waals surface area contributed by atoms with Gasteiger partial charge in [-0.15, -0.1) is 23.2 Å². The van der Waals surface area contributed by atoms with Crippen molar-refractivity contribution in [3.63, 3.8) is 0 Å². The normalized spacial score (nSPS) is 13.0. The van der Waals surface area contributed by atoms with Gasteiger partial charge in [-0.1, -0.05) is 0 Å². The fourth-order valence-electron chi connectivity index (χ4n) is 1.09. The molecule has 1 N–H and O–H groups in total. The minimum Gasteiger partial charge on any atom is -0.256 e. The minimum atomic E-state index is -3.65. The third-order valence-corrected chi connectivity index (χ3v) is 4.91. The van der Waals surface area contributed by atoms with Gasteiger partial charge in [0.1, 0.15) is 0 Å². The molecule has 0 saturated heterocycles. The standard InChI is InChI=1S/C8H13Cl2N3O2S/c1-8(5-9,6-10)12-16(14,15)7-3-4-11-13(7)2/h3-4,12H,5-6H2,1-2H3. The molecular weight excluding hydrogens is 273 g/mol. The summed E-state index contributed by atoms with van der Waals surface area (Å²) in [4.78, 5) is 0. The Hall–Kier alpha value is -0.300. The van der Waals surface area contributed by atoms with Gasteiger partial charge in [-0.2, -0.15) is 5.10 Å². The van der Waals surface area contributed by atoms with Crippen LogP contribution >= 0.6 is 23.2 Å². The highest BCUT2D eigenvalue weighted by Crippen LogP contribution is 2.15. The summed E-state index contributed by atoms with van der Waals surface area (Å²) in [6.45, 7) is 1.64. The Balaban J connectivity index is 3.02. The molecule has 1 rings (SSSR count). The molecule has 0 spiro atoms. The van der Waals surface area contributed by atoms with Gasteiger partial charge < -0.3 is 0 Å². The second-order valence-corrected chi connectivity index (χ2v) is 5.89. The van der Waals surface area contributed by atoms with Crippen molar-refractivity contribution in [2.24, 2.45) is 7.05 Å². The van der Waals surface area contributed by atoms with Crippen LogP contribution in [0.3, 0.4) is 0 Å². The molecule has 16 heavy (non-hydrogen) atoms. The first kappa shape index (κ1) is 13.8. The van der Waals surface area contributed by atoms with Crippen LogP contribution in [0.4, 0.5) is 0 Å². The Bertz CT molecular complexity index is 454. The van der Waals surface area contributed by atoms with Crippen LogP contribution in [0.5, 0.6) is 0 Å². The summed E-state index contributed by atoms with van der Waals surface area (Å²) in [6, 6.07) is 1.41. The number of hydrogen-bond donors (Lipinski definition) is 1. The predicted molar refractivity (Wildman–Crippen MR) is 63.4 cm³/mol. The summed E-state index contributed by atoms with van der Waals surface area (Å²) in [5, 5.41) is 3.87. The molecule has 0 unspecified atom stereocenters. The monoisotopic (exact) mass is 285 g/mol. The van der Waals surface area contributed by atoms with Gasteiger partial charge in [0.25, 0.3) is 10.0 Å². The molecule has 8 heteroatoms. The van der Waals surface area contributed by atoms with Gasteiger partial charge >= 0.3 is 0 Å². The van der Waals surface area contributed by atoms with Crippen LogP contribution in [0.1, 0.15) is 6.92 Å². The highest BCUT2D eigenvalue weighted by atomic mass is 35.5. The third-order valence-electron chi connectivity index (χ3n) is 2.02. The Morgan fingerprint density at radius 3 is 2.44 bits per heavy atom. The van der Waals surface area contributed by atoms with E-state index in [2.05, 4.69) is 9.82 Å². The van der Waals surface area contributed by atoms with Crippen LogP contribution in [-0.2, 0) is 17.1 Å². The fourth-order valence-corrected chi connectivity index (χ4v) is 3.20. The van der Waals surface area contributed by atoms with Crippen molar-refractivity contribution < 1.29 is 8.42 Å². The van der Waals surface area contributed by atoms with Gasteiger partial charge in [0.05, 0.1) is 11.7 Å². The molecule has 0 fully saturated rings. The number of aromatic nitrogens is 2. The van der Waals surface area contributed by atoms with Crippen molar-refractivity contribution in [3.05, 3.63) is 12.3 Å². The summed E-state index contributed by atoms with van der Waals surface area (Å²) >= 11 is 11.4. The van der Waals surface area contributed by atoms with Crippen LogP contribution in [0, 0.1) is 0 Å². The summed E-state index contributed by atoms with van der Waals surface area (Å²) in [5.41, 5.74) is -0.869. The van der Waals surface area contributed by atoms with Crippen molar-refractivity contribution in [1.82, 2.24) is 14.5 Å². The maximum atomic E-state index is 12.0. The molecule has 1 heterocycles. The van der Waals surface area contributed by atoms with Gasteiger partial charge in [0.15, 0.2) is 5.03 Å². The van der Waals surface area contributed by atoms with Gasteiger partial charge in [0, 0.05) is 18.8 Å².